The molecule has 0 bridgehead atoms. The van der Waals surface area contributed by atoms with Crippen molar-refractivity contribution in [1.82, 2.24) is 14.3 Å². The van der Waals surface area contributed by atoms with Gasteiger partial charge in [-0.3, -0.25) is 4.79 Å². The van der Waals surface area contributed by atoms with Crippen LogP contribution in [0.3, 0.4) is 0 Å². The van der Waals surface area contributed by atoms with Gasteiger partial charge in [0.2, 0.25) is 0 Å². The first-order chi connectivity index (χ1) is 14.9. The number of nitrogens with zero attached hydrogens (tertiary/aromatic N) is 4. The summed E-state index contributed by atoms with van der Waals surface area (Å²) in [5.41, 5.74) is 1.33. The average Bonchev–Trinajstić information content (AvgIpc) is 3.27. The molecule has 0 atom stereocenters. The van der Waals surface area contributed by atoms with Crippen molar-refractivity contribution in [1.29, 1.82) is 0 Å². The first kappa shape index (κ1) is 20.3. The van der Waals surface area contributed by atoms with Crippen molar-refractivity contribution in [2.45, 2.75) is 12.7 Å². The van der Waals surface area contributed by atoms with E-state index < -0.39 is 17.8 Å². The number of halogens is 3. The zero-order chi connectivity index (χ0) is 21.8. The van der Waals surface area contributed by atoms with E-state index in [1.807, 2.05) is 47.2 Å². The van der Waals surface area contributed by atoms with Crippen LogP contribution in [-0.2, 0) is 12.7 Å². The summed E-state index contributed by atoms with van der Waals surface area (Å²) in [5, 5.41) is 3.53. The highest BCUT2D eigenvalue weighted by atomic mass is 19.4. The third-order valence-corrected chi connectivity index (χ3v) is 4.59. The Balaban J connectivity index is 1.57. The number of hydrogen-bond acceptors (Lipinski definition) is 2. The van der Waals surface area contributed by atoms with Crippen molar-refractivity contribution in [3.63, 3.8) is 0 Å². The molecule has 4 rings (SSSR count). The van der Waals surface area contributed by atoms with E-state index in [0.29, 0.717) is 23.3 Å². The highest BCUT2D eigenvalue weighted by Crippen LogP contribution is 2.27. The number of aromatic nitrogens is 3. The second kappa shape index (κ2) is 8.43. The predicted octanol–water partition coefficient (Wildman–Crippen LogP) is 4.48. The Bertz CT molecular complexity index is 1260. The van der Waals surface area contributed by atoms with Gasteiger partial charge in [0.25, 0.3) is 5.91 Å². The SMILES string of the molecule is O=C(N=c1ccccn1Cc1ccccc1)c1ccc(-n2ccc(C(F)(F)F)n2)cc1. The van der Waals surface area contributed by atoms with Crippen molar-refractivity contribution in [2.24, 2.45) is 4.99 Å². The highest BCUT2D eigenvalue weighted by Gasteiger charge is 2.33. The molecule has 4 aromatic rings. The van der Waals surface area contributed by atoms with E-state index in [9.17, 15) is 18.0 Å². The quantitative estimate of drug-likeness (QED) is 0.487. The van der Waals surface area contributed by atoms with Crippen molar-refractivity contribution in [3.05, 3.63) is 114 Å². The van der Waals surface area contributed by atoms with Crippen LogP contribution in [0.25, 0.3) is 5.69 Å². The predicted molar refractivity (Wildman–Crippen MR) is 108 cm³/mol. The van der Waals surface area contributed by atoms with E-state index in [4.69, 9.17) is 0 Å². The number of benzene rings is 2. The Labute approximate surface area is 175 Å². The number of pyridine rings is 1. The molecule has 0 saturated carbocycles. The third-order valence-electron chi connectivity index (χ3n) is 4.59. The van der Waals surface area contributed by atoms with Crippen LogP contribution < -0.4 is 5.49 Å². The summed E-state index contributed by atoms with van der Waals surface area (Å²) >= 11 is 0. The monoisotopic (exact) mass is 422 g/mol. The van der Waals surface area contributed by atoms with Crippen LogP contribution in [0, 0.1) is 0 Å². The zero-order valence-corrected chi connectivity index (χ0v) is 16.2. The lowest BCUT2D eigenvalue weighted by atomic mass is 10.2. The molecule has 2 heterocycles. The number of alkyl halides is 3. The van der Waals surface area contributed by atoms with Crippen molar-refractivity contribution in [3.8, 4) is 5.69 Å². The molecule has 0 aliphatic heterocycles. The Morgan fingerprint density at radius 1 is 0.871 bits per heavy atom. The van der Waals surface area contributed by atoms with E-state index in [1.165, 1.54) is 30.5 Å². The molecule has 0 radical (unpaired) electrons. The van der Waals surface area contributed by atoms with E-state index in [1.54, 1.807) is 12.1 Å². The first-order valence-corrected chi connectivity index (χ1v) is 9.42. The van der Waals surface area contributed by atoms with Gasteiger partial charge in [-0.25, -0.2) is 4.68 Å². The Kier molecular flexibility index (Phi) is 5.53. The van der Waals surface area contributed by atoms with Gasteiger partial charge in [-0.1, -0.05) is 36.4 Å². The van der Waals surface area contributed by atoms with Crippen molar-refractivity contribution in [2.75, 3.05) is 0 Å². The summed E-state index contributed by atoms with van der Waals surface area (Å²) in [6.45, 7) is 0.563. The molecule has 0 unspecified atom stereocenters. The number of hydrogen-bond donors (Lipinski definition) is 0. The molecular formula is C23H17F3N4O. The van der Waals surface area contributed by atoms with Crippen LogP contribution >= 0.6 is 0 Å². The fourth-order valence-electron chi connectivity index (χ4n) is 3.03. The van der Waals surface area contributed by atoms with E-state index in [-0.39, 0.29) is 0 Å². The second-order valence-corrected chi connectivity index (χ2v) is 6.78. The maximum absolute atomic E-state index is 12.7. The molecule has 156 valence electrons. The number of rotatable bonds is 4. The topological polar surface area (TPSA) is 52.2 Å². The van der Waals surface area contributed by atoms with Crippen LogP contribution in [0.1, 0.15) is 21.6 Å². The molecule has 0 fully saturated rings. The minimum absolute atomic E-state index is 0.321. The molecule has 0 saturated heterocycles. The summed E-state index contributed by atoms with van der Waals surface area (Å²) in [7, 11) is 0. The van der Waals surface area contributed by atoms with Gasteiger partial charge in [-0.05, 0) is 48.0 Å². The molecule has 2 aromatic heterocycles. The minimum Gasteiger partial charge on any atom is -0.328 e. The summed E-state index contributed by atoms with van der Waals surface area (Å²) < 4.78 is 41.2. The van der Waals surface area contributed by atoms with Gasteiger partial charge in [0, 0.05) is 24.5 Å². The first-order valence-electron chi connectivity index (χ1n) is 9.42. The highest BCUT2D eigenvalue weighted by molar-refractivity contribution is 5.95. The van der Waals surface area contributed by atoms with Crippen LogP contribution in [0.4, 0.5) is 13.2 Å². The van der Waals surface area contributed by atoms with Crippen molar-refractivity contribution >= 4 is 5.91 Å². The van der Waals surface area contributed by atoms with Crippen LogP contribution in [0.2, 0.25) is 0 Å². The second-order valence-electron chi connectivity index (χ2n) is 6.78. The molecule has 0 aliphatic rings. The molecule has 0 spiro atoms. The van der Waals surface area contributed by atoms with E-state index in [2.05, 4.69) is 10.1 Å². The maximum atomic E-state index is 12.7. The Hall–Kier alpha value is -3.94. The standard InChI is InChI=1S/C23H17F3N4O/c24-23(25,26)20-13-15-30(28-20)19-11-9-18(10-12-19)22(31)27-21-8-4-5-14-29(21)16-17-6-2-1-3-7-17/h1-15H,16H2. The molecule has 0 N–H and O–H groups in total. The fraction of sp³-hybridized carbons (Fsp3) is 0.0870. The fourth-order valence-corrected chi connectivity index (χ4v) is 3.03. The lowest BCUT2D eigenvalue weighted by molar-refractivity contribution is -0.141. The smallest absolute Gasteiger partial charge is 0.328 e. The van der Waals surface area contributed by atoms with Gasteiger partial charge in [0.05, 0.1) is 5.69 Å². The molecule has 1 amide bonds. The Morgan fingerprint density at radius 3 is 2.26 bits per heavy atom. The van der Waals surface area contributed by atoms with Crippen LogP contribution in [-0.4, -0.2) is 20.3 Å². The van der Waals surface area contributed by atoms with E-state index in [0.717, 1.165) is 16.3 Å². The lowest BCUT2D eigenvalue weighted by Crippen LogP contribution is -2.22. The average molecular weight is 422 g/mol. The maximum Gasteiger partial charge on any atom is 0.435 e. The number of carbonyl (C=O) groups is 1. The lowest BCUT2D eigenvalue weighted by Gasteiger charge is -2.07. The summed E-state index contributed by atoms with van der Waals surface area (Å²) in [6.07, 6.45) is -1.44. The van der Waals surface area contributed by atoms with Gasteiger partial charge >= 0.3 is 6.18 Å². The molecule has 2 aromatic carbocycles. The van der Waals surface area contributed by atoms with Gasteiger partial charge in [-0.2, -0.15) is 23.3 Å². The number of carbonyl (C=O) groups excluding carboxylic acids is 1. The van der Waals surface area contributed by atoms with Crippen LogP contribution in [0.15, 0.2) is 96.2 Å². The minimum atomic E-state index is -4.51. The van der Waals surface area contributed by atoms with Gasteiger partial charge < -0.3 is 4.57 Å². The van der Waals surface area contributed by atoms with Gasteiger partial charge in [-0.15, -0.1) is 0 Å². The number of amides is 1. The third kappa shape index (κ3) is 4.80. The van der Waals surface area contributed by atoms with Crippen LogP contribution in [0.5, 0.6) is 0 Å². The molecular weight excluding hydrogens is 405 g/mol. The molecule has 31 heavy (non-hydrogen) atoms. The molecule has 8 heteroatoms. The zero-order valence-electron chi connectivity index (χ0n) is 16.2. The van der Waals surface area contributed by atoms with Gasteiger partial charge in [0.15, 0.2) is 5.69 Å². The summed E-state index contributed by atoms with van der Waals surface area (Å²) in [4.78, 5) is 16.9. The molecule has 5 nitrogen and oxygen atoms in total. The summed E-state index contributed by atoms with van der Waals surface area (Å²) in [5.74, 6) is -0.448. The summed E-state index contributed by atoms with van der Waals surface area (Å²) in [6, 6.07) is 22.2. The van der Waals surface area contributed by atoms with Gasteiger partial charge in [0.1, 0.15) is 5.49 Å². The Morgan fingerprint density at radius 2 is 1.58 bits per heavy atom. The largest absolute Gasteiger partial charge is 0.435 e. The normalized spacial score (nSPS) is 12.2. The molecule has 0 aliphatic carbocycles. The van der Waals surface area contributed by atoms with Crippen molar-refractivity contribution < 1.29 is 18.0 Å². The van der Waals surface area contributed by atoms with E-state index >= 15 is 0 Å².